The lowest BCUT2D eigenvalue weighted by molar-refractivity contribution is 0.0578. The Bertz CT molecular complexity index is 622. The lowest BCUT2D eigenvalue weighted by atomic mass is 10.2. The Morgan fingerprint density at radius 1 is 1.29 bits per heavy atom. The minimum atomic E-state index is -0.217. The van der Waals surface area contributed by atoms with Gasteiger partial charge in [0.1, 0.15) is 6.04 Å². The Balaban J connectivity index is 1.63. The number of nitrogens with zero attached hydrogens (tertiary/aromatic N) is 3. The van der Waals surface area contributed by atoms with Gasteiger partial charge in [-0.3, -0.25) is 9.69 Å². The van der Waals surface area contributed by atoms with E-state index in [4.69, 9.17) is 4.42 Å². The molecule has 0 N–H and O–H groups in total. The number of hydrogen-bond acceptors (Lipinski definition) is 5. The molecule has 0 aromatic carbocycles. The van der Waals surface area contributed by atoms with Crippen molar-refractivity contribution in [2.75, 3.05) is 26.2 Å². The zero-order chi connectivity index (χ0) is 14.7. The van der Waals surface area contributed by atoms with Gasteiger partial charge in [-0.15, -0.1) is 11.3 Å². The molecule has 0 spiro atoms. The fourth-order valence-corrected chi connectivity index (χ4v) is 3.31. The van der Waals surface area contributed by atoms with Crippen LogP contribution in [-0.4, -0.2) is 41.9 Å². The molecule has 1 aliphatic rings. The summed E-state index contributed by atoms with van der Waals surface area (Å²) in [5, 5.41) is 11.4. The Hall–Kier alpha value is -2.10. The van der Waals surface area contributed by atoms with E-state index >= 15 is 0 Å². The molecule has 1 unspecified atom stereocenters. The van der Waals surface area contributed by atoms with Crippen molar-refractivity contribution >= 4 is 17.2 Å². The van der Waals surface area contributed by atoms with Crippen molar-refractivity contribution in [1.82, 2.24) is 9.80 Å². The number of piperazine rings is 1. The zero-order valence-electron chi connectivity index (χ0n) is 11.4. The van der Waals surface area contributed by atoms with Gasteiger partial charge < -0.3 is 9.32 Å². The van der Waals surface area contributed by atoms with Gasteiger partial charge in [-0.05, 0) is 23.6 Å². The highest BCUT2D eigenvalue weighted by Crippen LogP contribution is 2.25. The van der Waals surface area contributed by atoms with Crippen LogP contribution in [0.15, 0.2) is 40.3 Å². The van der Waals surface area contributed by atoms with Crippen molar-refractivity contribution in [3.63, 3.8) is 0 Å². The van der Waals surface area contributed by atoms with Gasteiger partial charge in [-0.25, -0.2) is 0 Å². The van der Waals surface area contributed by atoms with Gasteiger partial charge >= 0.3 is 0 Å². The lowest BCUT2D eigenvalue weighted by Crippen LogP contribution is -2.49. The van der Waals surface area contributed by atoms with Crippen molar-refractivity contribution in [3.8, 4) is 6.07 Å². The van der Waals surface area contributed by atoms with Gasteiger partial charge in [0.05, 0.1) is 12.3 Å². The lowest BCUT2D eigenvalue weighted by Gasteiger charge is -2.36. The standard InChI is InChI=1S/C15H15N3O2S/c16-11-12(14-4-2-10-21-14)17-5-7-18(8-6-17)15(19)13-3-1-9-20-13/h1-4,9-10,12H,5-8H2. The van der Waals surface area contributed by atoms with E-state index in [1.807, 2.05) is 17.5 Å². The van der Waals surface area contributed by atoms with E-state index in [2.05, 4.69) is 11.0 Å². The number of amides is 1. The van der Waals surface area contributed by atoms with Crippen LogP contribution >= 0.6 is 11.3 Å². The fourth-order valence-electron chi connectivity index (χ4n) is 2.51. The van der Waals surface area contributed by atoms with E-state index in [1.165, 1.54) is 6.26 Å². The number of furan rings is 1. The van der Waals surface area contributed by atoms with Gasteiger partial charge in [0.2, 0.25) is 0 Å². The van der Waals surface area contributed by atoms with Crippen LogP contribution in [0.25, 0.3) is 0 Å². The molecule has 108 valence electrons. The summed E-state index contributed by atoms with van der Waals surface area (Å²) in [4.78, 5) is 17.1. The molecule has 6 heteroatoms. The monoisotopic (exact) mass is 301 g/mol. The van der Waals surface area contributed by atoms with Gasteiger partial charge in [0, 0.05) is 31.1 Å². The number of thiophene rings is 1. The van der Waals surface area contributed by atoms with Crippen molar-refractivity contribution in [1.29, 1.82) is 5.26 Å². The summed E-state index contributed by atoms with van der Waals surface area (Å²) in [6.45, 7) is 2.62. The quantitative estimate of drug-likeness (QED) is 0.873. The van der Waals surface area contributed by atoms with E-state index < -0.39 is 0 Å². The first-order valence-electron chi connectivity index (χ1n) is 6.79. The van der Waals surface area contributed by atoms with Crippen LogP contribution in [0.2, 0.25) is 0 Å². The Kier molecular flexibility index (Phi) is 4.04. The van der Waals surface area contributed by atoms with Crippen LogP contribution in [0.5, 0.6) is 0 Å². The molecule has 5 nitrogen and oxygen atoms in total. The van der Waals surface area contributed by atoms with E-state index in [9.17, 15) is 10.1 Å². The molecule has 21 heavy (non-hydrogen) atoms. The smallest absolute Gasteiger partial charge is 0.289 e. The first kappa shape index (κ1) is 13.9. The van der Waals surface area contributed by atoms with Crippen molar-refractivity contribution < 1.29 is 9.21 Å². The molecule has 0 saturated carbocycles. The molecule has 3 heterocycles. The Morgan fingerprint density at radius 3 is 2.67 bits per heavy atom. The van der Waals surface area contributed by atoms with Crippen molar-refractivity contribution in [2.45, 2.75) is 6.04 Å². The minimum absolute atomic E-state index is 0.0794. The second kappa shape index (κ2) is 6.12. The first-order chi connectivity index (χ1) is 10.3. The molecule has 2 aromatic rings. The third-order valence-corrected chi connectivity index (χ3v) is 4.56. The highest BCUT2D eigenvalue weighted by atomic mass is 32.1. The van der Waals surface area contributed by atoms with Crippen LogP contribution in [0, 0.1) is 11.3 Å². The average molecular weight is 301 g/mol. The summed E-state index contributed by atoms with van der Waals surface area (Å²) in [6.07, 6.45) is 1.51. The molecule has 1 aliphatic heterocycles. The molecule has 0 bridgehead atoms. The molecular weight excluding hydrogens is 286 g/mol. The highest BCUT2D eigenvalue weighted by molar-refractivity contribution is 7.10. The normalized spacial score (nSPS) is 17.4. The summed E-state index contributed by atoms with van der Waals surface area (Å²) in [7, 11) is 0. The molecule has 1 amide bonds. The molecule has 0 aliphatic carbocycles. The maximum absolute atomic E-state index is 12.2. The maximum Gasteiger partial charge on any atom is 0.289 e. The number of rotatable bonds is 3. The van der Waals surface area contributed by atoms with E-state index in [0.717, 1.165) is 4.88 Å². The van der Waals surface area contributed by atoms with Crippen LogP contribution in [-0.2, 0) is 0 Å². The third-order valence-electron chi connectivity index (χ3n) is 3.63. The predicted octanol–water partition coefficient (Wildman–Crippen LogP) is 2.36. The SMILES string of the molecule is N#CC(c1cccs1)N1CCN(C(=O)c2ccco2)CC1. The first-order valence-corrected chi connectivity index (χ1v) is 7.67. The predicted molar refractivity (Wildman–Crippen MR) is 78.9 cm³/mol. The van der Waals surface area contributed by atoms with Crippen LogP contribution < -0.4 is 0 Å². The van der Waals surface area contributed by atoms with Gasteiger partial charge in [-0.2, -0.15) is 5.26 Å². The number of carbonyl (C=O) groups excluding carboxylic acids is 1. The molecule has 2 aromatic heterocycles. The number of nitriles is 1. The average Bonchev–Trinajstić information content (AvgIpc) is 3.22. The third kappa shape index (κ3) is 2.84. The summed E-state index contributed by atoms with van der Waals surface area (Å²) < 4.78 is 5.15. The summed E-state index contributed by atoms with van der Waals surface area (Å²) in [5.74, 6) is 0.294. The van der Waals surface area contributed by atoms with E-state index in [0.29, 0.717) is 31.9 Å². The van der Waals surface area contributed by atoms with E-state index in [1.54, 1.807) is 28.4 Å². The second-order valence-corrected chi connectivity index (χ2v) is 5.83. The Labute approximate surface area is 127 Å². The number of carbonyl (C=O) groups is 1. The fraction of sp³-hybridized carbons (Fsp3) is 0.333. The summed E-state index contributed by atoms with van der Waals surface area (Å²) >= 11 is 1.59. The van der Waals surface area contributed by atoms with Crippen molar-refractivity contribution in [2.24, 2.45) is 0 Å². The van der Waals surface area contributed by atoms with Crippen LogP contribution in [0.4, 0.5) is 0 Å². The van der Waals surface area contributed by atoms with Gasteiger partial charge in [0.25, 0.3) is 5.91 Å². The largest absolute Gasteiger partial charge is 0.459 e. The van der Waals surface area contributed by atoms with Gasteiger partial charge in [0.15, 0.2) is 5.76 Å². The summed E-state index contributed by atoms with van der Waals surface area (Å²) in [6, 6.07) is 9.48. The van der Waals surface area contributed by atoms with Crippen LogP contribution in [0.1, 0.15) is 21.5 Å². The topological polar surface area (TPSA) is 60.5 Å². The Morgan fingerprint density at radius 2 is 2.10 bits per heavy atom. The maximum atomic E-state index is 12.2. The second-order valence-electron chi connectivity index (χ2n) is 4.85. The molecule has 1 saturated heterocycles. The van der Waals surface area contributed by atoms with E-state index in [-0.39, 0.29) is 11.9 Å². The highest BCUT2D eigenvalue weighted by Gasteiger charge is 2.28. The van der Waals surface area contributed by atoms with Gasteiger partial charge in [-0.1, -0.05) is 6.07 Å². The van der Waals surface area contributed by atoms with Crippen LogP contribution in [0.3, 0.4) is 0 Å². The molecule has 0 radical (unpaired) electrons. The molecule has 1 fully saturated rings. The minimum Gasteiger partial charge on any atom is -0.459 e. The molecule has 3 rings (SSSR count). The van der Waals surface area contributed by atoms with Crippen molar-refractivity contribution in [3.05, 3.63) is 46.5 Å². The molecular formula is C15H15N3O2S. The molecule has 1 atom stereocenters. The number of hydrogen-bond donors (Lipinski definition) is 0. The zero-order valence-corrected chi connectivity index (χ0v) is 12.3. The summed E-state index contributed by atoms with van der Waals surface area (Å²) in [5.41, 5.74) is 0.